The van der Waals surface area contributed by atoms with Crippen molar-refractivity contribution in [2.24, 2.45) is 0 Å². The molecule has 2 aromatic rings. The first kappa shape index (κ1) is 22.2. The number of rotatable bonds is 6. The number of anilines is 2. The van der Waals surface area contributed by atoms with Gasteiger partial charge in [0, 0.05) is 18.8 Å². The van der Waals surface area contributed by atoms with Gasteiger partial charge in [0.1, 0.15) is 5.75 Å². The highest BCUT2D eigenvalue weighted by Gasteiger charge is 2.34. The van der Waals surface area contributed by atoms with Crippen LogP contribution in [-0.2, 0) is 22.4 Å². The minimum absolute atomic E-state index is 0.0224. The topological polar surface area (TPSA) is 61.9 Å². The normalized spacial score (nSPS) is 18.0. The fraction of sp³-hybridized carbons (Fsp3) is 0.462. The summed E-state index contributed by atoms with van der Waals surface area (Å²) in [6, 6.07) is 13.8. The average Bonchev–Trinajstić information content (AvgIpc) is 2.84. The van der Waals surface area contributed by atoms with Crippen LogP contribution in [0.15, 0.2) is 42.5 Å². The summed E-state index contributed by atoms with van der Waals surface area (Å²) >= 11 is 0. The number of amides is 2. The van der Waals surface area contributed by atoms with Gasteiger partial charge in [0.05, 0.1) is 18.8 Å². The Hall–Kier alpha value is -3.02. The molecular formula is C26H33N3O3. The predicted molar refractivity (Wildman–Crippen MR) is 127 cm³/mol. The summed E-state index contributed by atoms with van der Waals surface area (Å²) in [6.45, 7) is 6.31. The molecule has 4 rings (SSSR count). The predicted octanol–water partition coefficient (Wildman–Crippen LogP) is 4.03. The van der Waals surface area contributed by atoms with Gasteiger partial charge in [-0.15, -0.1) is 0 Å². The van der Waals surface area contributed by atoms with Crippen molar-refractivity contribution in [3.8, 4) is 5.75 Å². The molecular weight excluding hydrogens is 402 g/mol. The minimum Gasteiger partial charge on any atom is -0.477 e. The zero-order valence-corrected chi connectivity index (χ0v) is 19.1. The van der Waals surface area contributed by atoms with Crippen LogP contribution < -0.4 is 15.0 Å². The summed E-state index contributed by atoms with van der Waals surface area (Å²) in [4.78, 5) is 30.1. The number of hydrogen-bond acceptors (Lipinski definition) is 4. The van der Waals surface area contributed by atoms with Gasteiger partial charge in [-0.1, -0.05) is 44.2 Å². The first-order chi connectivity index (χ1) is 15.6. The Labute approximate surface area is 190 Å². The van der Waals surface area contributed by atoms with Crippen molar-refractivity contribution in [1.82, 2.24) is 4.90 Å². The maximum Gasteiger partial charge on any atom is 0.265 e. The van der Waals surface area contributed by atoms with Gasteiger partial charge in [-0.2, -0.15) is 0 Å². The first-order valence-electron chi connectivity index (χ1n) is 11.8. The van der Waals surface area contributed by atoms with Crippen LogP contribution in [0.2, 0.25) is 0 Å². The van der Waals surface area contributed by atoms with E-state index in [0.29, 0.717) is 12.3 Å². The van der Waals surface area contributed by atoms with Crippen LogP contribution in [0.4, 0.5) is 11.4 Å². The third-order valence-electron chi connectivity index (χ3n) is 6.40. The number of aryl methyl sites for hydroxylation is 2. The summed E-state index contributed by atoms with van der Waals surface area (Å²) < 4.78 is 6.09. The molecule has 2 aliphatic rings. The second kappa shape index (κ2) is 10.1. The minimum atomic E-state index is -0.593. The summed E-state index contributed by atoms with van der Waals surface area (Å²) in [7, 11) is 0. The summed E-state index contributed by atoms with van der Waals surface area (Å²) in [5.74, 6) is 0.598. The van der Waals surface area contributed by atoms with E-state index in [2.05, 4.69) is 31.3 Å². The second-order valence-electron chi connectivity index (χ2n) is 8.55. The van der Waals surface area contributed by atoms with Crippen molar-refractivity contribution in [2.75, 3.05) is 36.4 Å². The van der Waals surface area contributed by atoms with E-state index in [-0.39, 0.29) is 18.4 Å². The standard InChI is InChI=1S/C26H33N3O3/c1-3-19-11-10-12-20(4-2)25(19)27-24(30)18-29-17-23(26(31)28-15-8-5-9-16-28)32-22-14-7-6-13-21(22)29/h6-7,10-14,23H,3-5,8-9,15-18H2,1-2H3,(H,27,30). The summed E-state index contributed by atoms with van der Waals surface area (Å²) in [5.41, 5.74) is 4.05. The Morgan fingerprint density at radius 1 is 0.969 bits per heavy atom. The van der Waals surface area contributed by atoms with E-state index in [0.717, 1.165) is 61.3 Å². The van der Waals surface area contributed by atoms with Gasteiger partial charge in [-0.05, 0) is 55.4 Å². The van der Waals surface area contributed by atoms with Gasteiger partial charge < -0.3 is 19.9 Å². The van der Waals surface area contributed by atoms with Gasteiger partial charge in [-0.25, -0.2) is 0 Å². The van der Waals surface area contributed by atoms with E-state index in [4.69, 9.17) is 4.74 Å². The third-order valence-corrected chi connectivity index (χ3v) is 6.40. The van der Waals surface area contributed by atoms with E-state index in [9.17, 15) is 9.59 Å². The molecule has 1 atom stereocenters. The number of carbonyl (C=O) groups excluding carboxylic acids is 2. The number of hydrogen-bond donors (Lipinski definition) is 1. The number of benzene rings is 2. The lowest BCUT2D eigenvalue weighted by Crippen LogP contribution is -2.52. The summed E-state index contributed by atoms with van der Waals surface area (Å²) in [5, 5.41) is 3.15. The van der Waals surface area contributed by atoms with Gasteiger partial charge in [0.15, 0.2) is 6.10 Å². The van der Waals surface area contributed by atoms with Crippen LogP contribution in [0.5, 0.6) is 5.75 Å². The lowest BCUT2D eigenvalue weighted by molar-refractivity contribution is -0.139. The van der Waals surface area contributed by atoms with Crippen molar-refractivity contribution >= 4 is 23.2 Å². The smallest absolute Gasteiger partial charge is 0.265 e. The van der Waals surface area contributed by atoms with Crippen LogP contribution >= 0.6 is 0 Å². The molecule has 32 heavy (non-hydrogen) atoms. The molecule has 0 radical (unpaired) electrons. The Morgan fingerprint density at radius 2 is 1.66 bits per heavy atom. The van der Waals surface area contributed by atoms with Crippen LogP contribution in [0, 0.1) is 0 Å². The van der Waals surface area contributed by atoms with E-state index >= 15 is 0 Å². The molecule has 1 N–H and O–H groups in total. The Morgan fingerprint density at radius 3 is 2.34 bits per heavy atom. The molecule has 0 aliphatic carbocycles. The first-order valence-corrected chi connectivity index (χ1v) is 11.8. The van der Waals surface area contributed by atoms with Crippen molar-refractivity contribution < 1.29 is 14.3 Å². The van der Waals surface area contributed by atoms with Gasteiger partial charge in [0.25, 0.3) is 5.91 Å². The molecule has 1 unspecified atom stereocenters. The highest BCUT2D eigenvalue weighted by atomic mass is 16.5. The van der Waals surface area contributed by atoms with Gasteiger partial charge in [0.2, 0.25) is 5.91 Å². The van der Waals surface area contributed by atoms with Crippen molar-refractivity contribution in [3.63, 3.8) is 0 Å². The lowest BCUT2D eigenvalue weighted by Gasteiger charge is -2.38. The van der Waals surface area contributed by atoms with E-state index in [1.807, 2.05) is 40.1 Å². The average molecular weight is 436 g/mol. The molecule has 170 valence electrons. The highest BCUT2D eigenvalue weighted by molar-refractivity contribution is 5.96. The highest BCUT2D eigenvalue weighted by Crippen LogP contribution is 2.34. The number of ether oxygens (including phenoxy) is 1. The fourth-order valence-corrected chi connectivity index (χ4v) is 4.66. The third kappa shape index (κ3) is 4.74. The lowest BCUT2D eigenvalue weighted by atomic mass is 10.0. The van der Waals surface area contributed by atoms with E-state index in [1.54, 1.807) is 0 Å². The number of carbonyl (C=O) groups is 2. The van der Waals surface area contributed by atoms with Gasteiger partial charge in [-0.3, -0.25) is 9.59 Å². The zero-order valence-electron chi connectivity index (χ0n) is 19.1. The molecule has 2 aromatic carbocycles. The molecule has 0 bridgehead atoms. The van der Waals surface area contributed by atoms with Crippen LogP contribution in [0.1, 0.15) is 44.2 Å². The van der Waals surface area contributed by atoms with Crippen LogP contribution in [0.3, 0.4) is 0 Å². The Balaban J connectivity index is 1.52. The Kier molecular flexibility index (Phi) is 6.98. The number of nitrogens with zero attached hydrogens (tertiary/aromatic N) is 2. The largest absolute Gasteiger partial charge is 0.477 e. The maximum atomic E-state index is 13.1. The molecule has 6 nitrogen and oxygen atoms in total. The van der Waals surface area contributed by atoms with Crippen LogP contribution in [-0.4, -0.2) is 49.0 Å². The van der Waals surface area contributed by atoms with Crippen molar-refractivity contribution in [1.29, 1.82) is 0 Å². The SMILES string of the molecule is CCc1cccc(CC)c1NC(=O)CN1CC(C(=O)N2CCCCC2)Oc2ccccc21. The number of para-hydroxylation sites is 3. The molecule has 1 saturated heterocycles. The Bertz CT molecular complexity index is 946. The van der Waals surface area contributed by atoms with Crippen molar-refractivity contribution in [2.45, 2.75) is 52.1 Å². The maximum absolute atomic E-state index is 13.1. The molecule has 2 aliphatic heterocycles. The number of likely N-dealkylation sites (tertiary alicyclic amines) is 1. The molecule has 0 saturated carbocycles. The molecule has 2 heterocycles. The zero-order chi connectivity index (χ0) is 22.5. The molecule has 1 fully saturated rings. The monoisotopic (exact) mass is 435 g/mol. The van der Waals surface area contributed by atoms with Crippen molar-refractivity contribution in [3.05, 3.63) is 53.6 Å². The number of nitrogens with one attached hydrogen (secondary N) is 1. The number of fused-ring (bicyclic) bond motifs is 1. The quantitative estimate of drug-likeness (QED) is 0.744. The van der Waals surface area contributed by atoms with E-state index in [1.165, 1.54) is 6.42 Å². The molecule has 0 aromatic heterocycles. The molecule has 2 amide bonds. The fourth-order valence-electron chi connectivity index (χ4n) is 4.66. The van der Waals surface area contributed by atoms with E-state index < -0.39 is 6.10 Å². The van der Waals surface area contributed by atoms with Crippen LogP contribution in [0.25, 0.3) is 0 Å². The van der Waals surface area contributed by atoms with Gasteiger partial charge >= 0.3 is 0 Å². The summed E-state index contributed by atoms with van der Waals surface area (Å²) in [6.07, 6.45) is 4.37. The molecule has 0 spiro atoms. The number of piperidine rings is 1. The second-order valence-corrected chi connectivity index (χ2v) is 8.55. The molecule has 6 heteroatoms.